The average molecular weight is 495 g/mol. The second-order valence-corrected chi connectivity index (χ2v) is 11.4. The summed E-state index contributed by atoms with van der Waals surface area (Å²) in [5.74, 6) is -4.10. The van der Waals surface area contributed by atoms with Crippen LogP contribution in [0, 0.1) is 0 Å². The lowest BCUT2D eigenvalue weighted by Gasteiger charge is -2.43. The quantitative estimate of drug-likeness (QED) is 0.361. The summed E-state index contributed by atoms with van der Waals surface area (Å²) in [7, 11) is 0. The molecule has 2 aliphatic heterocycles. The molecule has 5 atom stereocenters. The molecule has 0 aromatic heterocycles. The van der Waals surface area contributed by atoms with Gasteiger partial charge in [-0.2, -0.15) is 0 Å². The van der Waals surface area contributed by atoms with Crippen molar-refractivity contribution in [1.82, 2.24) is 10.2 Å². The van der Waals surface area contributed by atoms with E-state index in [2.05, 4.69) is 5.32 Å². The number of carboxylic acids is 1. The molecular weight excluding hydrogens is 468 g/mol. The largest absolute Gasteiger partial charge is 0.480 e. The van der Waals surface area contributed by atoms with Crippen molar-refractivity contribution in [2.45, 2.75) is 60.9 Å². The highest BCUT2D eigenvalue weighted by Gasteiger charge is 2.64. The van der Waals surface area contributed by atoms with E-state index in [-0.39, 0.29) is 0 Å². The van der Waals surface area contributed by atoms with Crippen LogP contribution in [0.4, 0.5) is 0 Å². The lowest BCUT2D eigenvalue weighted by molar-refractivity contribution is -0.162. The minimum absolute atomic E-state index is 0.430. The Morgan fingerprint density at radius 2 is 1.80 bits per heavy atom. The number of carbonyl (C=O) groups excluding carboxylic acids is 3. The van der Waals surface area contributed by atoms with Gasteiger partial charge in [0.1, 0.15) is 23.6 Å². The number of thioether (sulfide) groups is 1. The van der Waals surface area contributed by atoms with Crippen LogP contribution in [0.5, 0.6) is 0 Å². The number of β-lactam (4-membered cyclic amide) rings is 1. The van der Waals surface area contributed by atoms with Gasteiger partial charge in [-0.05, 0) is 43.4 Å². The number of rotatable bonds is 6. The van der Waals surface area contributed by atoms with Crippen molar-refractivity contribution in [3.05, 3.63) is 71.3 Å². The number of amides is 2. The molecular formula is C26H26N2O6S. The summed E-state index contributed by atoms with van der Waals surface area (Å²) in [6.07, 6.45) is 1.01. The molecule has 1 aliphatic carbocycles. The van der Waals surface area contributed by atoms with Crippen molar-refractivity contribution in [2.75, 3.05) is 0 Å². The predicted octanol–water partition coefficient (Wildman–Crippen LogP) is 2.63. The zero-order valence-corrected chi connectivity index (χ0v) is 20.2. The van der Waals surface area contributed by atoms with Crippen LogP contribution in [0.25, 0.3) is 0 Å². The maximum absolute atomic E-state index is 13.4. The van der Waals surface area contributed by atoms with Gasteiger partial charge in [-0.1, -0.05) is 54.6 Å². The zero-order valence-electron chi connectivity index (χ0n) is 19.3. The molecule has 2 heterocycles. The summed E-state index contributed by atoms with van der Waals surface area (Å²) >= 11 is 1.34. The minimum atomic E-state index is -1.25. The van der Waals surface area contributed by atoms with Gasteiger partial charge in [0.25, 0.3) is 0 Å². The molecule has 2 aromatic rings. The Morgan fingerprint density at radius 1 is 1.11 bits per heavy atom. The summed E-state index contributed by atoms with van der Waals surface area (Å²) in [5.41, 5.74) is 2.54. The monoisotopic (exact) mass is 494 g/mol. The molecule has 0 spiro atoms. The molecule has 2 aromatic carbocycles. The van der Waals surface area contributed by atoms with Crippen molar-refractivity contribution >= 4 is 35.5 Å². The standard InChI is InChI=1S/C26H26N2O6S/c1-26(2)20(24(31)32)28-22(30)19(23(28)35-26)27-21(29)18(15-9-4-3-5-10-15)25(33)34-17-13-12-14-8-6-7-11-16(14)17/h3-11,17-20,23H,12-13H2,1-2H3,(H,27,29)(H,31,32)/t17-,18?,19+,20-,23+/m0/s1. The Balaban J connectivity index is 1.35. The van der Waals surface area contributed by atoms with E-state index in [1.165, 1.54) is 16.7 Å². The van der Waals surface area contributed by atoms with Crippen LogP contribution in [-0.2, 0) is 30.3 Å². The Hall–Kier alpha value is -3.33. The molecule has 1 unspecified atom stereocenters. The number of nitrogens with one attached hydrogen (secondary N) is 1. The third-order valence-electron chi connectivity index (χ3n) is 6.94. The van der Waals surface area contributed by atoms with E-state index in [0.29, 0.717) is 12.0 Å². The normalized spacial score (nSPS) is 26.8. The van der Waals surface area contributed by atoms with Gasteiger partial charge in [0, 0.05) is 4.75 Å². The number of hydrogen-bond acceptors (Lipinski definition) is 6. The molecule has 3 aliphatic rings. The smallest absolute Gasteiger partial charge is 0.327 e. The van der Waals surface area contributed by atoms with E-state index >= 15 is 0 Å². The van der Waals surface area contributed by atoms with Crippen LogP contribution in [0.2, 0.25) is 0 Å². The van der Waals surface area contributed by atoms with E-state index in [1.807, 2.05) is 24.3 Å². The summed E-state index contributed by atoms with van der Waals surface area (Å²) in [5, 5.41) is 11.8. The predicted molar refractivity (Wildman–Crippen MR) is 128 cm³/mol. The van der Waals surface area contributed by atoms with Gasteiger partial charge in [-0.25, -0.2) is 4.79 Å². The fourth-order valence-electron chi connectivity index (χ4n) is 5.27. The van der Waals surface area contributed by atoms with E-state index in [1.54, 1.807) is 44.2 Å². The van der Waals surface area contributed by atoms with Crippen molar-refractivity contribution in [2.24, 2.45) is 0 Å². The SMILES string of the molecule is CC1(C)S[C@@H]2[C@H](NC(=O)C(C(=O)O[C@H]3CCc4ccccc43)c3ccccc3)C(=O)N2[C@H]1C(=O)O. The number of hydrogen-bond donors (Lipinski definition) is 2. The Morgan fingerprint density at radius 3 is 2.51 bits per heavy atom. The van der Waals surface area contributed by atoms with Crippen LogP contribution < -0.4 is 5.32 Å². The molecule has 35 heavy (non-hydrogen) atoms. The highest BCUT2D eigenvalue weighted by atomic mass is 32.2. The third kappa shape index (κ3) is 3.97. The molecule has 2 N–H and O–H groups in total. The molecule has 2 fully saturated rings. The first kappa shape index (κ1) is 23.4. The van der Waals surface area contributed by atoms with Gasteiger partial charge in [0.2, 0.25) is 11.8 Å². The maximum Gasteiger partial charge on any atom is 0.327 e. The first-order valence-corrected chi connectivity index (χ1v) is 12.4. The van der Waals surface area contributed by atoms with Gasteiger partial charge in [0.05, 0.1) is 0 Å². The molecule has 9 heteroatoms. The molecule has 0 saturated carbocycles. The number of carboxylic acid groups (broad SMARTS) is 1. The number of ether oxygens (including phenoxy) is 1. The van der Waals surface area contributed by atoms with Gasteiger partial charge in [0.15, 0.2) is 5.92 Å². The molecule has 8 nitrogen and oxygen atoms in total. The molecule has 0 bridgehead atoms. The van der Waals surface area contributed by atoms with Crippen LogP contribution in [-0.4, -0.2) is 56.0 Å². The number of nitrogens with zero attached hydrogens (tertiary/aromatic N) is 1. The van der Waals surface area contributed by atoms with Crippen LogP contribution in [0.1, 0.15) is 49.0 Å². The first-order valence-electron chi connectivity index (χ1n) is 11.6. The molecule has 5 rings (SSSR count). The lowest BCUT2D eigenvalue weighted by Crippen LogP contribution is -2.71. The summed E-state index contributed by atoms with van der Waals surface area (Å²) in [6.45, 7) is 3.54. The van der Waals surface area contributed by atoms with E-state index in [9.17, 15) is 24.3 Å². The highest BCUT2D eigenvalue weighted by Crippen LogP contribution is 2.50. The number of esters is 1. The van der Waals surface area contributed by atoms with E-state index in [0.717, 1.165) is 17.5 Å². The third-order valence-corrected chi connectivity index (χ3v) is 8.51. The zero-order chi connectivity index (χ0) is 24.9. The van der Waals surface area contributed by atoms with E-state index in [4.69, 9.17) is 4.74 Å². The topological polar surface area (TPSA) is 113 Å². The van der Waals surface area contributed by atoms with Gasteiger partial charge in [-0.15, -0.1) is 11.8 Å². The molecule has 2 amide bonds. The number of aryl methyl sites for hydroxylation is 1. The fraction of sp³-hybridized carbons (Fsp3) is 0.385. The van der Waals surface area contributed by atoms with Gasteiger partial charge in [-0.3, -0.25) is 14.4 Å². The summed E-state index contributed by atoms with van der Waals surface area (Å²) in [6, 6.07) is 14.5. The number of aliphatic carboxylic acids is 1. The van der Waals surface area contributed by atoms with Gasteiger partial charge < -0.3 is 20.1 Å². The van der Waals surface area contributed by atoms with Crippen LogP contribution >= 0.6 is 11.8 Å². The molecule has 2 saturated heterocycles. The average Bonchev–Trinajstić information content (AvgIpc) is 3.34. The Kier molecular flexibility index (Phi) is 5.83. The second-order valence-electron chi connectivity index (χ2n) is 9.59. The van der Waals surface area contributed by atoms with Gasteiger partial charge >= 0.3 is 11.9 Å². The maximum atomic E-state index is 13.4. The molecule has 182 valence electrons. The van der Waals surface area contributed by atoms with Crippen molar-refractivity contribution < 1.29 is 29.0 Å². The van der Waals surface area contributed by atoms with Crippen LogP contribution in [0.15, 0.2) is 54.6 Å². The Bertz CT molecular complexity index is 1200. The van der Waals surface area contributed by atoms with E-state index < -0.39 is 58.0 Å². The number of carbonyl (C=O) groups is 4. The first-order chi connectivity index (χ1) is 16.7. The number of fused-ring (bicyclic) bond motifs is 2. The second kappa shape index (κ2) is 8.71. The van der Waals surface area contributed by atoms with Crippen LogP contribution in [0.3, 0.4) is 0 Å². The summed E-state index contributed by atoms with van der Waals surface area (Å²) in [4.78, 5) is 52.7. The Labute approximate surface area is 207 Å². The fourth-order valence-corrected chi connectivity index (χ4v) is 6.90. The minimum Gasteiger partial charge on any atom is -0.480 e. The number of benzene rings is 2. The molecule has 0 radical (unpaired) electrons. The van der Waals surface area contributed by atoms with Crippen molar-refractivity contribution in [3.63, 3.8) is 0 Å². The van der Waals surface area contributed by atoms with Crippen molar-refractivity contribution in [1.29, 1.82) is 0 Å². The summed E-state index contributed by atoms with van der Waals surface area (Å²) < 4.78 is 5.12. The highest BCUT2D eigenvalue weighted by molar-refractivity contribution is 8.01. The van der Waals surface area contributed by atoms with Crippen molar-refractivity contribution in [3.8, 4) is 0 Å². The lowest BCUT2D eigenvalue weighted by atomic mass is 9.94.